The van der Waals surface area contributed by atoms with Gasteiger partial charge in [-0.15, -0.1) is 0 Å². The molecule has 1 heteroatoms. The lowest BCUT2D eigenvalue weighted by atomic mass is 9.81. The van der Waals surface area contributed by atoms with Gasteiger partial charge in [-0.05, 0) is 141 Å². The summed E-state index contributed by atoms with van der Waals surface area (Å²) < 4.78 is 6.31. The first-order valence-electron chi connectivity index (χ1n) is 19.6. The summed E-state index contributed by atoms with van der Waals surface area (Å²) in [5, 5.41) is 12.4. The van der Waals surface area contributed by atoms with Gasteiger partial charge in [-0.1, -0.05) is 153 Å². The molecule has 0 amide bonds. The molecule has 1 heterocycles. The Morgan fingerprint density at radius 3 is 1.66 bits per heavy atom. The molecule has 10 aromatic carbocycles. The van der Waals surface area contributed by atoms with Gasteiger partial charge in [0, 0.05) is 16.2 Å². The maximum atomic E-state index is 6.31. The van der Waals surface area contributed by atoms with Crippen LogP contribution in [-0.4, -0.2) is 0 Å². The highest BCUT2D eigenvalue weighted by Gasteiger charge is 2.36. The zero-order chi connectivity index (χ0) is 37.1. The molecule has 11 aromatic rings. The lowest BCUT2D eigenvalue weighted by molar-refractivity contribution is 0.661. The maximum absolute atomic E-state index is 6.31. The predicted octanol–water partition coefficient (Wildman–Crippen LogP) is 15.5. The summed E-state index contributed by atoms with van der Waals surface area (Å²) in [5.74, 6) is 0. The van der Waals surface area contributed by atoms with Gasteiger partial charge < -0.3 is 4.42 Å². The predicted molar refractivity (Wildman–Crippen MR) is 238 cm³/mol. The van der Waals surface area contributed by atoms with Crippen LogP contribution in [0.2, 0.25) is 0 Å². The summed E-state index contributed by atoms with van der Waals surface area (Å²) >= 11 is 0. The molecule has 0 aliphatic heterocycles. The molecule has 1 aromatic heterocycles. The molecule has 1 aliphatic rings. The van der Waals surface area contributed by atoms with Crippen LogP contribution in [0, 0.1) is 0 Å². The number of fused-ring (bicyclic) bond motifs is 11. The Hall–Kier alpha value is -6.96. The van der Waals surface area contributed by atoms with Crippen LogP contribution in [0.15, 0.2) is 186 Å². The van der Waals surface area contributed by atoms with Crippen molar-refractivity contribution in [3.05, 3.63) is 193 Å². The highest BCUT2D eigenvalue weighted by Crippen LogP contribution is 2.52. The summed E-state index contributed by atoms with van der Waals surface area (Å²) in [7, 11) is 0. The van der Waals surface area contributed by atoms with Crippen molar-refractivity contribution in [3.8, 4) is 44.5 Å². The van der Waals surface area contributed by atoms with Crippen molar-refractivity contribution in [1.29, 1.82) is 0 Å². The van der Waals surface area contributed by atoms with Crippen molar-refractivity contribution < 1.29 is 4.42 Å². The zero-order valence-corrected chi connectivity index (χ0v) is 31.2. The van der Waals surface area contributed by atoms with Crippen LogP contribution in [-0.2, 0) is 5.41 Å². The first kappa shape index (κ1) is 31.4. The molecule has 262 valence electrons. The smallest absolute Gasteiger partial charge is 0.136 e. The fourth-order valence-corrected chi connectivity index (χ4v) is 9.92. The zero-order valence-electron chi connectivity index (χ0n) is 31.2. The Balaban J connectivity index is 1.04. The average molecular weight is 713 g/mol. The van der Waals surface area contributed by atoms with Crippen molar-refractivity contribution in [3.63, 3.8) is 0 Å². The fraction of sp³-hybridized carbons (Fsp3) is 0.0545. The van der Waals surface area contributed by atoms with Crippen LogP contribution in [0.5, 0.6) is 0 Å². The van der Waals surface area contributed by atoms with Gasteiger partial charge in [-0.3, -0.25) is 0 Å². The van der Waals surface area contributed by atoms with Crippen molar-refractivity contribution >= 4 is 65.0 Å². The highest BCUT2D eigenvalue weighted by atomic mass is 16.3. The summed E-state index contributed by atoms with van der Waals surface area (Å²) in [6.45, 7) is 4.74. The quantitative estimate of drug-likeness (QED) is 0.166. The molecule has 12 rings (SSSR count). The van der Waals surface area contributed by atoms with E-state index < -0.39 is 0 Å². The minimum absolute atomic E-state index is 0.114. The molecule has 0 saturated heterocycles. The molecule has 0 atom stereocenters. The van der Waals surface area contributed by atoms with Gasteiger partial charge in [0.15, 0.2) is 0 Å². The Morgan fingerprint density at radius 2 is 0.911 bits per heavy atom. The Kier molecular flexibility index (Phi) is 6.46. The van der Waals surface area contributed by atoms with Crippen LogP contribution in [0.3, 0.4) is 0 Å². The second-order valence-corrected chi connectivity index (χ2v) is 16.0. The van der Waals surface area contributed by atoms with E-state index in [-0.39, 0.29) is 5.41 Å². The number of rotatable bonds is 3. The lowest BCUT2D eigenvalue weighted by Gasteiger charge is -2.22. The molecule has 1 nitrogen and oxygen atoms in total. The number of para-hydroxylation sites is 1. The summed E-state index contributed by atoms with van der Waals surface area (Å²) in [4.78, 5) is 0. The van der Waals surface area contributed by atoms with E-state index in [1.165, 1.54) is 109 Å². The van der Waals surface area contributed by atoms with Crippen molar-refractivity contribution in [2.24, 2.45) is 0 Å². The topological polar surface area (TPSA) is 13.1 Å². The lowest BCUT2D eigenvalue weighted by Crippen LogP contribution is -2.14. The SMILES string of the molecule is CC1(C)c2ccc(-c3cccc(-c4c5ccccc5c(-c5ccc6ccccc6c5)c5ccccc45)c3)cc2-c2cc3c(ccc4oc5ccccc5c43)cc21. The van der Waals surface area contributed by atoms with Crippen molar-refractivity contribution in [2.45, 2.75) is 19.3 Å². The van der Waals surface area contributed by atoms with Crippen LogP contribution < -0.4 is 0 Å². The standard InChI is InChI=1S/C55H36O/c1-55(2)48-26-24-36(30-46(48)47-32-45-37(31-49(47)55)25-27-51-54(45)44-20-9-10-21-50(44)56-51)35-14-11-15-38(29-35)52-40-16-5-7-18-42(40)53(43-19-8-6-17-41(43)52)39-23-22-33-12-3-4-13-34(33)28-39/h3-32H,1-2H3. The average Bonchev–Trinajstić information content (AvgIpc) is 3.73. The molecule has 0 N–H and O–H groups in total. The minimum atomic E-state index is -0.114. The largest absolute Gasteiger partial charge is 0.456 e. The number of hydrogen-bond donors (Lipinski definition) is 0. The molecule has 0 bridgehead atoms. The molecule has 0 radical (unpaired) electrons. The van der Waals surface area contributed by atoms with Gasteiger partial charge in [0.1, 0.15) is 11.2 Å². The molecule has 56 heavy (non-hydrogen) atoms. The van der Waals surface area contributed by atoms with E-state index >= 15 is 0 Å². The number of hydrogen-bond acceptors (Lipinski definition) is 1. The fourth-order valence-electron chi connectivity index (χ4n) is 9.92. The van der Waals surface area contributed by atoms with E-state index in [2.05, 4.69) is 190 Å². The van der Waals surface area contributed by atoms with Gasteiger partial charge in [0.05, 0.1) is 0 Å². The summed E-state index contributed by atoms with van der Waals surface area (Å²) in [6, 6.07) is 67.3. The van der Waals surface area contributed by atoms with Gasteiger partial charge in [-0.2, -0.15) is 0 Å². The van der Waals surface area contributed by atoms with Crippen molar-refractivity contribution in [2.75, 3.05) is 0 Å². The molecule has 1 aliphatic carbocycles. The van der Waals surface area contributed by atoms with Crippen LogP contribution in [0.4, 0.5) is 0 Å². The molecule has 0 saturated carbocycles. The van der Waals surface area contributed by atoms with E-state index in [0.717, 1.165) is 11.2 Å². The molecule has 0 unspecified atom stereocenters. The van der Waals surface area contributed by atoms with Crippen LogP contribution in [0.1, 0.15) is 25.0 Å². The second kappa shape index (κ2) is 11.5. The molecular formula is C55H36O. The number of furan rings is 1. The Labute approximate surface area is 325 Å². The molecular weight excluding hydrogens is 677 g/mol. The second-order valence-electron chi connectivity index (χ2n) is 16.0. The summed E-state index contributed by atoms with van der Waals surface area (Å²) in [6.07, 6.45) is 0. The Bertz CT molecular complexity index is 3390. The van der Waals surface area contributed by atoms with Gasteiger partial charge in [-0.25, -0.2) is 0 Å². The van der Waals surface area contributed by atoms with Gasteiger partial charge in [0.2, 0.25) is 0 Å². The third kappa shape index (κ3) is 4.43. The highest BCUT2D eigenvalue weighted by molar-refractivity contribution is 6.22. The van der Waals surface area contributed by atoms with E-state index in [4.69, 9.17) is 4.42 Å². The van der Waals surface area contributed by atoms with E-state index in [9.17, 15) is 0 Å². The monoisotopic (exact) mass is 712 g/mol. The number of benzene rings is 10. The Morgan fingerprint density at radius 1 is 0.339 bits per heavy atom. The van der Waals surface area contributed by atoms with E-state index in [1.54, 1.807) is 0 Å². The molecule has 0 fully saturated rings. The van der Waals surface area contributed by atoms with Crippen LogP contribution in [0.25, 0.3) is 110 Å². The van der Waals surface area contributed by atoms with E-state index in [1.807, 2.05) is 6.07 Å². The third-order valence-electron chi connectivity index (χ3n) is 12.6. The summed E-state index contributed by atoms with van der Waals surface area (Å²) in [5.41, 5.74) is 14.6. The van der Waals surface area contributed by atoms with Gasteiger partial charge >= 0.3 is 0 Å². The first-order valence-corrected chi connectivity index (χ1v) is 19.6. The first-order chi connectivity index (χ1) is 27.5. The van der Waals surface area contributed by atoms with Crippen molar-refractivity contribution in [1.82, 2.24) is 0 Å². The van der Waals surface area contributed by atoms with Crippen LogP contribution >= 0.6 is 0 Å². The molecule has 0 spiro atoms. The van der Waals surface area contributed by atoms with Gasteiger partial charge in [0.25, 0.3) is 0 Å². The maximum Gasteiger partial charge on any atom is 0.136 e. The van der Waals surface area contributed by atoms with E-state index in [0.29, 0.717) is 0 Å². The minimum Gasteiger partial charge on any atom is -0.456 e. The third-order valence-corrected chi connectivity index (χ3v) is 12.6. The normalized spacial score (nSPS) is 13.3.